The van der Waals surface area contributed by atoms with Gasteiger partial charge in [-0.25, -0.2) is 0 Å². The summed E-state index contributed by atoms with van der Waals surface area (Å²) in [5.41, 5.74) is 9.96. The quantitative estimate of drug-likeness (QED) is 0.917. The van der Waals surface area contributed by atoms with Crippen LogP contribution in [-0.4, -0.2) is 12.3 Å². The van der Waals surface area contributed by atoms with E-state index in [1.165, 1.54) is 0 Å². The first-order chi connectivity index (χ1) is 9.11. The Morgan fingerprint density at radius 3 is 2.79 bits per heavy atom. The lowest BCUT2D eigenvalue weighted by atomic mass is 9.99. The summed E-state index contributed by atoms with van der Waals surface area (Å²) in [6.07, 6.45) is 1.15. The summed E-state index contributed by atoms with van der Waals surface area (Å²) in [6.45, 7) is 4.26. The predicted octanol–water partition coefficient (Wildman–Crippen LogP) is 3.36. The zero-order chi connectivity index (χ0) is 13.6. The minimum absolute atomic E-state index is 0.373. The van der Waals surface area contributed by atoms with E-state index in [1.54, 1.807) is 7.11 Å². The third-order valence-corrected chi connectivity index (χ3v) is 3.83. The van der Waals surface area contributed by atoms with Gasteiger partial charge in [0.1, 0.15) is 5.75 Å². The molecule has 1 aromatic carbocycles. The number of hydrogen-bond donors (Lipinski definition) is 1. The molecule has 0 spiro atoms. The van der Waals surface area contributed by atoms with Gasteiger partial charge in [0.15, 0.2) is 0 Å². The van der Waals surface area contributed by atoms with Crippen molar-refractivity contribution < 1.29 is 9.26 Å². The Morgan fingerprint density at radius 2 is 2.16 bits per heavy atom. The standard InChI is InChI=1S/C15H18N2O2/c1-8-4-5-12(18-3)11(6-8)13-14(10-7-9(10)2)17-19-15(13)16/h4-6,9-10H,7,16H2,1-3H3. The average Bonchev–Trinajstić information content (AvgIpc) is 2.98. The number of nitrogen functional groups attached to an aromatic ring is 1. The normalized spacial score (nSPS) is 21.4. The lowest BCUT2D eigenvalue weighted by Gasteiger charge is -2.09. The summed E-state index contributed by atoms with van der Waals surface area (Å²) in [6, 6.07) is 6.04. The van der Waals surface area contributed by atoms with Gasteiger partial charge in [-0.15, -0.1) is 0 Å². The lowest BCUT2D eigenvalue weighted by molar-refractivity contribution is 0.416. The van der Waals surface area contributed by atoms with Crippen molar-refractivity contribution in [2.45, 2.75) is 26.2 Å². The fourth-order valence-electron chi connectivity index (χ4n) is 2.56. The van der Waals surface area contributed by atoms with E-state index in [0.717, 1.165) is 34.6 Å². The summed E-state index contributed by atoms with van der Waals surface area (Å²) in [5, 5.41) is 4.15. The molecule has 0 bridgehead atoms. The molecule has 2 atom stereocenters. The number of hydrogen-bond acceptors (Lipinski definition) is 4. The summed E-state index contributed by atoms with van der Waals surface area (Å²) in [4.78, 5) is 0. The van der Waals surface area contributed by atoms with Gasteiger partial charge in [-0.2, -0.15) is 0 Å². The van der Waals surface area contributed by atoms with Crippen LogP contribution < -0.4 is 10.5 Å². The van der Waals surface area contributed by atoms with Gasteiger partial charge in [-0.3, -0.25) is 0 Å². The fourth-order valence-corrected chi connectivity index (χ4v) is 2.56. The predicted molar refractivity (Wildman–Crippen MR) is 74.2 cm³/mol. The molecule has 4 nitrogen and oxygen atoms in total. The number of nitrogens with two attached hydrogens (primary N) is 1. The Bertz CT molecular complexity index is 619. The maximum Gasteiger partial charge on any atom is 0.230 e. The van der Waals surface area contributed by atoms with E-state index in [0.29, 0.717) is 17.7 Å². The van der Waals surface area contributed by atoms with Crippen LogP contribution >= 0.6 is 0 Å². The molecule has 100 valence electrons. The van der Waals surface area contributed by atoms with Crippen LogP contribution in [0.2, 0.25) is 0 Å². The molecule has 0 radical (unpaired) electrons. The number of rotatable bonds is 3. The van der Waals surface area contributed by atoms with Crippen molar-refractivity contribution in [3.8, 4) is 16.9 Å². The number of ether oxygens (including phenoxy) is 1. The molecule has 1 saturated carbocycles. The first kappa shape index (κ1) is 12.1. The van der Waals surface area contributed by atoms with E-state index in [2.05, 4.69) is 18.1 Å². The van der Waals surface area contributed by atoms with Gasteiger partial charge in [0.2, 0.25) is 5.88 Å². The van der Waals surface area contributed by atoms with E-state index in [-0.39, 0.29) is 0 Å². The SMILES string of the molecule is COc1ccc(C)cc1-c1c(C2CC2C)noc1N. The van der Waals surface area contributed by atoms with Gasteiger partial charge in [0, 0.05) is 11.5 Å². The van der Waals surface area contributed by atoms with E-state index < -0.39 is 0 Å². The van der Waals surface area contributed by atoms with Crippen molar-refractivity contribution in [1.29, 1.82) is 0 Å². The lowest BCUT2D eigenvalue weighted by Crippen LogP contribution is -1.94. The summed E-state index contributed by atoms with van der Waals surface area (Å²) < 4.78 is 10.6. The number of methoxy groups -OCH3 is 1. The van der Waals surface area contributed by atoms with E-state index >= 15 is 0 Å². The van der Waals surface area contributed by atoms with Gasteiger partial charge in [0.25, 0.3) is 0 Å². The smallest absolute Gasteiger partial charge is 0.230 e. The Labute approximate surface area is 112 Å². The van der Waals surface area contributed by atoms with Crippen molar-refractivity contribution in [2.75, 3.05) is 12.8 Å². The minimum Gasteiger partial charge on any atom is -0.496 e. The van der Waals surface area contributed by atoms with Crippen LogP contribution in [0.5, 0.6) is 5.75 Å². The Morgan fingerprint density at radius 1 is 1.42 bits per heavy atom. The molecule has 1 aliphatic rings. The number of aromatic nitrogens is 1. The first-order valence-electron chi connectivity index (χ1n) is 6.52. The minimum atomic E-state index is 0.373. The second-order valence-electron chi connectivity index (χ2n) is 5.33. The van der Waals surface area contributed by atoms with Crippen LogP contribution in [0.3, 0.4) is 0 Å². The molecule has 1 fully saturated rings. The fraction of sp³-hybridized carbons (Fsp3) is 0.400. The Hall–Kier alpha value is -1.97. The second-order valence-corrected chi connectivity index (χ2v) is 5.33. The maximum absolute atomic E-state index is 5.97. The molecule has 2 unspecified atom stereocenters. The van der Waals surface area contributed by atoms with E-state index in [9.17, 15) is 0 Å². The molecule has 0 amide bonds. The molecule has 0 aliphatic heterocycles. The van der Waals surface area contributed by atoms with Crippen molar-refractivity contribution in [3.05, 3.63) is 29.5 Å². The third-order valence-electron chi connectivity index (χ3n) is 3.83. The average molecular weight is 258 g/mol. The van der Waals surface area contributed by atoms with Crippen LogP contribution in [-0.2, 0) is 0 Å². The maximum atomic E-state index is 5.97. The highest BCUT2D eigenvalue weighted by Crippen LogP contribution is 2.51. The van der Waals surface area contributed by atoms with Crippen molar-refractivity contribution in [3.63, 3.8) is 0 Å². The molecular weight excluding hydrogens is 240 g/mol. The molecule has 1 heterocycles. The number of nitrogens with zero attached hydrogens (tertiary/aromatic N) is 1. The second kappa shape index (κ2) is 4.30. The van der Waals surface area contributed by atoms with E-state index in [4.69, 9.17) is 15.0 Å². The van der Waals surface area contributed by atoms with Crippen molar-refractivity contribution in [2.24, 2.45) is 5.92 Å². The molecule has 3 rings (SSSR count). The highest BCUT2D eigenvalue weighted by molar-refractivity contribution is 5.80. The third kappa shape index (κ3) is 1.97. The first-order valence-corrected chi connectivity index (χ1v) is 6.52. The largest absolute Gasteiger partial charge is 0.496 e. The highest BCUT2D eigenvalue weighted by Gasteiger charge is 2.39. The van der Waals surface area contributed by atoms with E-state index in [1.807, 2.05) is 19.1 Å². The van der Waals surface area contributed by atoms with Gasteiger partial charge in [0.05, 0.1) is 18.4 Å². The van der Waals surface area contributed by atoms with Crippen LogP contribution in [0, 0.1) is 12.8 Å². The molecule has 1 aliphatic carbocycles. The number of aryl methyl sites for hydroxylation is 1. The van der Waals surface area contributed by atoms with Crippen molar-refractivity contribution in [1.82, 2.24) is 5.16 Å². The van der Waals surface area contributed by atoms with Gasteiger partial charge in [-0.1, -0.05) is 23.7 Å². The van der Waals surface area contributed by atoms with Crippen LogP contribution in [0.25, 0.3) is 11.1 Å². The number of benzene rings is 1. The van der Waals surface area contributed by atoms with Gasteiger partial charge in [-0.05, 0) is 31.4 Å². The van der Waals surface area contributed by atoms with Gasteiger partial charge < -0.3 is 15.0 Å². The molecule has 2 N–H and O–H groups in total. The summed E-state index contributed by atoms with van der Waals surface area (Å²) in [7, 11) is 1.66. The zero-order valence-electron chi connectivity index (χ0n) is 11.4. The summed E-state index contributed by atoms with van der Waals surface area (Å²) in [5.74, 6) is 2.29. The van der Waals surface area contributed by atoms with Crippen LogP contribution in [0.4, 0.5) is 5.88 Å². The molecule has 1 aromatic heterocycles. The van der Waals surface area contributed by atoms with Gasteiger partial charge >= 0.3 is 0 Å². The topological polar surface area (TPSA) is 61.3 Å². The molecule has 2 aromatic rings. The molecule has 4 heteroatoms. The Kier molecular flexibility index (Phi) is 2.73. The zero-order valence-corrected chi connectivity index (χ0v) is 11.4. The molecule has 19 heavy (non-hydrogen) atoms. The monoisotopic (exact) mass is 258 g/mol. The molecular formula is C15H18N2O2. The number of anilines is 1. The Balaban J connectivity index is 2.16. The summed E-state index contributed by atoms with van der Waals surface area (Å²) >= 11 is 0. The van der Waals surface area contributed by atoms with Crippen molar-refractivity contribution >= 4 is 5.88 Å². The molecule has 0 saturated heterocycles. The van der Waals surface area contributed by atoms with Crippen LogP contribution in [0.1, 0.15) is 30.5 Å². The van der Waals surface area contributed by atoms with Crippen LogP contribution in [0.15, 0.2) is 22.7 Å². The highest BCUT2D eigenvalue weighted by atomic mass is 16.5.